The number of ether oxygens (including phenoxy) is 3. The molecule has 1 aromatic rings. The molecule has 25 heavy (non-hydrogen) atoms. The molecule has 1 aromatic carbocycles. The lowest BCUT2D eigenvalue weighted by molar-refractivity contribution is -0.140. The van der Waals surface area contributed by atoms with Gasteiger partial charge >= 0.3 is 5.97 Å². The van der Waals surface area contributed by atoms with E-state index in [-0.39, 0.29) is 5.97 Å². The second kappa shape index (κ2) is 16.1. The van der Waals surface area contributed by atoms with Gasteiger partial charge in [-0.1, -0.05) is 75.3 Å². The normalized spacial score (nSPS) is 10.8. The minimum absolute atomic E-state index is 0.0901. The summed E-state index contributed by atoms with van der Waals surface area (Å²) in [6.07, 6.45) is 11.3. The molecule has 0 aliphatic rings. The van der Waals surface area contributed by atoms with Crippen LogP contribution >= 0.6 is 0 Å². The molecular weight excluding hydrogens is 316 g/mol. The number of rotatable bonds is 16. The Morgan fingerprint density at radius 2 is 1.40 bits per heavy atom. The third-order valence-corrected chi connectivity index (χ3v) is 4.18. The molecule has 0 spiro atoms. The quantitative estimate of drug-likeness (QED) is 0.232. The molecule has 0 radical (unpaired) electrons. The SMILES string of the molecule is COC(=O)CCCCCCCCCCCOCOCc1ccccc1. The van der Waals surface area contributed by atoms with Crippen molar-refractivity contribution in [1.82, 2.24) is 0 Å². The standard InChI is InChI=1S/C21H34O4/c1-23-21(22)16-12-7-5-3-2-4-6-8-13-17-24-19-25-18-20-14-10-9-11-15-20/h9-11,14-15H,2-8,12-13,16-19H2,1H3. The Labute approximate surface area is 152 Å². The van der Waals surface area contributed by atoms with Gasteiger partial charge in [0.25, 0.3) is 0 Å². The summed E-state index contributed by atoms with van der Waals surface area (Å²) in [5.41, 5.74) is 1.18. The van der Waals surface area contributed by atoms with E-state index in [2.05, 4.69) is 16.9 Å². The van der Waals surface area contributed by atoms with Gasteiger partial charge in [-0.25, -0.2) is 0 Å². The zero-order chi connectivity index (χ0) is 18.0. The van der Waals surface area contributed by atoms with Crippen LogP contribution in [0.1, 0.15) is 69.8 Å². The number of methoxy groups -OCH3 is 1. The Morgan fingerprint density at radius 1 is 0.800 bits per heavy atom. The summed E-state index contributed by atoms with van der Waals surface area (Å²) in [5, 5.41) is 0. The van der Waals surface area contributed by atoms with E-state index < -0.39 is 0 Å². The lowest BCUT2D eigenvalue weighted by atomic mass is 10.1. The minimum atomic E-state index is -0.0901. The molecule has 0 N–H and O–H groups in total. The fraction of sp³-hybridized carbons (Fsp3) is 0.667. The smallest absolute Gasteiger partial charge is 0.305 e. The Morgan fingerprint density at radius 3 is 2.04 bits per heavy atom. The second-order valence-electron chi connectivity index (χ2n) is 6.37. The van der Waals surface area contributed by atoms with Crippen LogP contribution in [-0.2, 0) is 25.6 Å². The van der Waals surface area contributed by atoms with Gasteiger partial charge in [-0.05, 0) is 18.4 Å². The molecule has 4 nitrogen and oxygen atoms in total. The van der Waals surface area contributed by atoms with Gasteiger partial charge in [0.2, 0.25) is 0 Å². The fourth-order valence-electron chi connectivity index (χ4n) is 2.66. The van der Waals surface area contributed by atoms with E-state index in [0.717, 1.165) is 25.9 Å². The van der Waals surface area contributed by atoms with Crippen molar-refractivity contribution in [3.8, 4) is 0 Å². The van der Waals surface area contributed by atoms with Crippen molar-refractivity contribution in [2.45, 2.75) is 70.8 Å². The van der Waals surface area contributed by atoms with Gasteiger partial charge in [0.1, 0.15) is 6.79 Å². The van der Waals surface area contributed by atoms with Crippen molar-refractivity contribution in [3.05, 3.63) is 35.9 Å². The first-order chi connectivity index (χ1) is 12.3. The summed E-state index contributed by atoms with van der Waals surface area (Å²) in [5.74, 6) is -0.0901. The maximum absolute atomic E-state index is 11.0. The van der Waals surface area contributed by atoms with Crippen LogP contribution in [0.2, 0.25) is 0 Å². The van der Waals surface area contributed by atoms with Crippen LogP contribution in [0.3, 0.4) is 0 Å². The van der Waals surface area contributed by atoms with Crippen molar-refractivity contribution in [2.75, 3.05) is 20.5 Å². The van der Waals surface area contributed by atoms with Gasteiger partial charge in [0, 0.05) is 13.0 Å². The number of carbonyl (C=O) groups excluding carboxylic acids is 1. The summed E-state index contributed by atoms with van der Waals surface area (Å²) >= 11 is 0. The molecule has 0 saturated heterocycles. The van der Waals surface area contributed by atoms with Crippen molar-refractivity contribution in [3.63, 3.8) is 0 Å². The molecule has 0 aliphatic heterocycles. The summed E-state index contributed by atoms with van der Waals surface area (Å²) in [7, 11) is 1.45. The Hall–Kier alpha value is -1.39. The molecule has 0 fully saturated rings. The van der Waals surface area contributed by atoms with E-state index in [4.69, 9.17) is 9.47 Å². The summed E-state index contributed by atoms with van der Waals surface area (Å²) < 4.78 is 15.6. The minimum Gasteiger partial charge on any atom is -0.469 e. The second-order valence-corrected chi connectivity index (χ2v) is 6.37. The Bertz CT molecular complexity index is 419. The van der Waals surface area contributed by atoms with Crippen LogP contribution in [0.4, 0.5) is 0 Å². The summed E-state index contributed by atoms with van der Waals surface area (Å²) in [6, 6.07) is 10.1. The van der Waals surface area contributed by atoms with Gasteiger partial charge in [-0.3, -0.25) is 4.79 Å². The fourth-order valence-corrected chi connectivity index (χ4v) is 2.66. The molecule has 1 rings (SSSR count). The van der Waals surface area contributed by atoms with Crippen LogP contribution < -0.4 is 0 Å². The van der Waals surface area contributed by atoms with Crippen LogP contribution in [0, 0.1) is 0 Å². The molecular formula is C21H34O4. The number of benzene rings is 1. The van der Waals surface area contributed by atoms with E-state index in [1.807, 2.05) is 18.2 Å². The van der Waals surface area contributed by atoms with Crippen LogP contribution in [0.5, 0.6) is 0 Å². The Kier molecular flexibility index (Phi) is 13.9. The highest BCUT2D eigenvalue weighted by Gasteiger charge is 1.99. The van der Waals surface area contributed by atoms with Crippen LogP contribution in [0.25, 0.3) is 0 Å². The number of hydrogen-bond donors (Lipinski definition) is 0. The lowest BCUT2D eigenvalue weighted by Gasteiger charge is -2.06. The average Bonchev–Trinajstić information content (AvgIpc) is 2.65. The number of unbranched alkanes of at least 4 members (excludes halogenated alkanes) is 8. The van der Waals surface area contributed by atoms with Gasteiger partial charge in [-0.15, -0.1) is 0 Å². The number of carbonyl (C=O) groups is 1. The third kappa shape index (κ3) is 13.6. The van der Waals surface area contributed by atoms with Crippen LogP contribution in [-0.4, -0.2) is 26.5 Å². The van der Waals surface area contributed by atoms with Crippen LogP contribution in [0.15, 0.2) is 30.3 Å². The zero-order valence-electron chi connectivity index (χ0n) is 15.7. The largest absolute Gasteiger partial charge is 0.469 e. The first-order valence-corrected chi connectivity index (χ1v) is 9.59. The monoisotopic (exact) mass is 350 g/mol. The van der Waals surface area contributed by atoms with E-state index in [1.54, 1.807) is 0 Å². The highest BCUT2D eigenvalue weighted by molar-refractivity contribution is 5.68. The van der Waals surface area contributed by atoms with Gasteiger partial charge < -0.3 is 14.2 Å². The molecule has 0 aromatic heterocycles. The maximum Gasteiger partial charge on any atom is 0.305 e. The molecule has 0 bridgehead atoms. The van der Waals surface area contributed by atoms with Gasteiger partial charge in [-0.2, -0.15) is 0 Å². The molecule has 142 valence electrons. The van der Waals surface area contributed by atoms with Crippen molar-refractivity contribution >= 4 is 5.97 Å². The molecule has 0 atom stereocenters. The third-order valence-electron chi connectivity index (χ3n) is 4.18. The molecule has 0 saturated carbocycles. The Balaban J connectivity index is 1.73. The first-order valence-electron chi connectivity index (χ1n) is 9.59. The summed E-state index contributed by atoms with van der Waals surface area (Å²) in [4.78, 5) is 11.0. The predicted molar refractivity (Wildman–Crippen MR) is 100 cm³/mol. The molecule has 0 amide bonds. The van der Waals surface area contributed by atoms with Gasteiger partial charge in [0.05, 0.1) is 13.7 Å². The predicted octanol–water partition coefficient (Wildman–Crippen LogP) is 5.25. The van der Waals surface area contributed by atoms with E-state index >= 15 is 0 Å². The molecule has 0 unspecified atom stereocenters. The van der Waals surface area contributed by atoms with E-state index in [0.29, 0.717) is 19.8 Å². The van der Waals surface area contributed by atoms with Crippen molar-refractivity contribution in [2.24, 2.45) is 0 Å². The van der Waals surface area contributed by atoms with Crippen molar-refractivity contribution in [1.29, 1.82) is 0 Å². The lowest BCUT2D eigenvalue weighted by Crippen LogP contribution is -2.01. The highest BCUT2D eigenvalue weighted by atomic mass is 16.7. The zero-order valence-corrected chi connectivity index (χ0v) is 15.7. The molecule has 0 heterocycles. The maximum atomic E-state index is 11.0. The number of hydrogen-bond acceptors (Lipinski definition) is 4. The average molecular weight is 350 g/mol. The van der Waals surface area contributed by atoms with Crippen molar-refractivity contribution < 1.29 is 19.0 Å². The first kappa shape index (κ1) is 21.7. The summed E-state index contributed by atoms with van der Waals surface area (Å²) in [6.45, 7) is 1.77. The topological polar surface area (TPSA) is 44.8 Å². The van der Waals surface area contributed by atoms with E-state index in [9.17, 15) is 4.79 Å². The molecule has 4 heteroatoms. The van der Waals surface area contributed by atoms with E-state index in [1.165, 1.54) is 51.2 Å². The molecule has 0 aliphatic carbocycles. The van der Waals surface area contributed by atoms with Gasteiger partial charge in [0.15, 0.2) is 0 Å². The highest BCUT2D eigenvalue weighted by Crippen LogP contribution is 2.11. The number of esters is 1.